The molecule has 2 unspecified atom stereocenters. The minimum Gasteiger partial charge on any atom is -0.462 e. The van der Waals surface area contributed by atoms with E-state index < -0.39 is 71.2 Å². The van der Waals surface area contributed by atoms with Crippen LogP contribution in [0.4, 0.5) is 0 Å². The molecular weight excluding hydrogens is 777 g/mol. The molecule has 0 spiro atoms. The molecule has 350 valence electrons. The maximum Gasteiger partial charge on any atom is 0.306 e. The van der Waals surface area contributed by atoms with Gasteiger partial charge in [0.15, 0.2) is 12.4 Å². The molecule has 0 aliphatic carbocycles. The molecule has 6 atom stereocenters. The maximum absolute atomic E-state index is 12.8. The highest BCUT2D eigenvalue weighted by Gasteiger charge is 2.46. The lowest BCUT2D eigenvalue weighted by Crippen LogP contribution is -2.60. The molecule has 4 N–H and O–H groups in total. The summed E-state index contributed by atoms with van der Waals surface area (Å²) in [6.07, 6.45) is 28.6. The normalized spacial score (nSPS) is 20.1. The van der Waals surface area contributed by atoms with Crippen molar-refractivity contribution in [2.45, 2.75) is 263 Å². The lowest BCUT2D eigenvalue weighted by atomic mass is 10.00. The fourth-order valence-electron chi connectivity index (χ4n) is 7.68. The van der Waals surface area contributed by atoms with E-state index in [2.05, 4.69) is 13.8 Å². The van der Waals surface area contributed by atoms with Crippen molar-refractivity contribution in [1.82, 2.24) is 0 Å². The van der Waals surface area contributed by atoms with Gasteiger partial charge in [-0.2, -0.15) is 8.42 Å². The number of ether oxygens (including phenoxy) is 4. The summed E-state index contributed by atoms with van der Waals surface area (Å²) in [5.41, 5.74) is 0. The van der Waals surface area contributed by atoms with Gasteiger partial charge in [-0.3, -0.25) is 14.1 Å². The predicted molar refractivity (Wildman–Crippen MR) is 234 cm³/mol. The molecule has 0 saturated carbocycles. The summed E-state index contributed by atoms with van der Waals surface area (Å²) in [6, 6.07) is 0. The summed E-state index contributed by atoms with van der Waals surface area (Å²) in [6.45, 7) is 3.79. The van der Waals surface area contributed by atoms with Crippen LogP contribution in [0.1, 0.15) is 226 Å². The van der Waals surface area contributed by atoms with Crippen molar-refractivity contribution in [3.63, 3.8) is 0 Å². The second kappa shape index (κ2) is 37.2. The minimum absolute atomic E-state index is 0.173. The third kappa shape index (κ3) is 32.1. The van der Waals surface area contributed by atoms with Gasteiger partial charge in [0.25, 0.3) is 10.1 Å². The molecular formula is C46H88O12S. The lowest BCUT2D eigenvalue weighted by molar-refractivity contribution is -0.297. The van der Waals surface area contributed by atoms with E-state index in [0.717, 1.165) is 38.5 Å². The van der Waals surface area contributed by atoms with Crippen LogP contribution in [0.2, 0.25) is 0 Å². The molecule has 0 radical (unpaired) electrons. The average molecular weight is 865 g/mol. The van der Waals surface area contributed by atoms with Crippen molar-refractivity contribution >= 4 is 22.1 Å². The zero-order chi connectivity index (χ0) is 43.4. The standard InChI is InChI=1S/C46H88O12S/c1-3-5-7-9-11-13-15-17-19-20-21-23-25-27-29-31-33-35-42(48)57-39(37-56-46-45(51)44(50)43(49)40(58-46)38-59(52,53)54)36-55-41(47)34-32-30-28-26-24-22-18-16-14-12-10-8-6-4-2/h39-40,43-46,49-51H,3-38H2,1-2H3,(H,52,53,54)/t39-,40-,43-,44?,45?,46+/m1/s1. The van der Waals surface area contributed by atoms with Crippen LogP contribution in [0.15, 0.2) is 0 Å². The average Bonchev–Trinajstić information content (AvgIpc) is 3.20. The van der Waals surface area contributed by atoms with Gasteiger partial charge in [0.1, 0.15) is 36.8 Å². The van der Waals surface area contributed by atoms with Crippen molar-refractivity contribution in [2.24, 2.45) is 0 Å². The number of esters is 2. The van der Waals surface area contributed by atoms with E-state index >= 15 is 0 Å². The number of hydrogen-bond donors (Lipinski definition) is 4. The topological polar surface area (TPSA) is 186 Å². The monoisotopic (exact) mass is 865 g/mol. The van der Waals surface area contributed by atoms with E-state index in [1.165, 1.54) is 148 Å². The van der Waals surface area contributed by atoms with Crippen molar-refractivity contribution in [2.75, 3.05) is 19.0 Å². The lowest BCUT2D eigenvalue weighted by Gasteiger charge is -2.40. The molecule has 1 fully saturated rings. The smallest absolute Gasteiger partial charge is 0.306 e. The first-order valence-corrected chi connectivity index (χ1v) is 25.7. The van der Waals surface area contributed by atoms with Gasteiger partial charge in [-0.05, 0) is 12.8 Å². The van der Waals surface area contributed by atoms with Gasteiger partial charge in [-0.15, -0.1) is 0 Å². The molecule has 1 aliphatic heterocycles. The largest absolute Gasteiger partial charge is 0.462 e. The van der Waals surface area contributed by atoms with Crippen LogP contribution in [0.5, 0.6) is 0 Å². The Morgan fingerprint density at radius 2 is 0.864 bits per heavy atom. The molecule has 0 amide bonds. The van der Waals surface area contributed by atoms with Gasteiger partial charge in [0.2, 0.25) is 0 Å². The zero-order valence-corrected chi connectivity index (χ0v) is 38.2. The molecule has 12 nitrogen and oxygen atoms in total. The zero-order valence-electron chi connectivity index (χ0n) is 37.4. The summed E-state index contributed by atoms with van der Waals surface area (Å²) in [4.78, 5) is 25.4. The number of aliphatic hydroxyl groups excluding tert-OH is 3. The van der Waals surface area contributed by atoms with Crippen LogP contribution in [0.25, 0.3) is 0 Å². The Balaban J connectivity index is 2.40. The number of hydrogen-bond acceptors (Lipinski definition) is 11. The van der Waals surface area contributed by atoms with Crippen molar-refractivity contribution in [3.05, 3.63) is 0 Å². The summed E-state index contributed by atoms with van der Waals surface area (Å²) >= 11 is 0. The number of carbonyl (C=O) groups is 2. The molecule has 0 aromatic carbocycles. The Kier molecular flexibility index (Phi) is 35.1. The maximum atomic E-state index is 12.8. The van der Waals surface area contributed by atoms with Gasteiger partial charge < -0.3 is 34.3 Å². The summed E-state index contributed by atoms with van der Waals surface area (Å²) in [5, 5.41) is 30.9. The Hall–Kier alpha value is -1.35. The molecule has 0 aromatic rings. The van der Waals surface area contributed by atoms with Crippen molar-refractivity contribution in [1.29, 1.82) is 0 Å². The predicted octanol–water partition coefficient (Wildman–Crippen LogP) is 10.1. The molecule has 59 heavy (non-hydrogen) atoms. The van der Waals surface area contributed by atoms with Crippen LogP contribution < -0.4 is 0 Å². The highest BCUT2D eigenvalue weighted by Crippen LogP contribution is 2.24. The van der Waals surface area contributed by atoms with E-state index in [1.54, 1.807) is 0 Å². The van der Waals surface area contributed by atoms with Gasteiger partial charge in [-0.1, -0.05) is 200 Å². The summed E-state index contributed by atoms with van der Waals surface area (Å²) < 4.78 is 54.1. The van der Waals surface area contributed by atoms with E-state index in [9.17, 15) is 37.9 Å². The molecule has 1 saturated heterocycles. The number of rotatable bonds is 41. The fraction of sp³-hybridized carbons (Fsp3) is 0.957. The third-order valence-electron chi connectivity index (χ3n) is 11.4. The fourth-order valence-corrected chi connectivity index (χ4v) is 8.37. The van der Waals surface area contributed by atoms with Gasteiger partial charge in [0, 0.05) is 12.8 Å². The van der Waals surface area contributed by atoms with Gasteiger partial charge >= 0.3 is 11.9 Å². The second-order valence-corrected chi connectivity index (χ2v) is 18.6. The first-order chi connectivity index (χ1) is 28.5. The Labute approximate surface area is 359 Å². The van der Waals surface area contributed by atoms with Crippen LogP contribution in [-0.4, -0.2) is 96.0 Å². The van der Waals surface area contributed by atoms with Crippen LogP contribution in [0, 0.1) is 0 Å². The van der Waals surface area contributed by atoms with Crippen LogP contribution >= 0.6 is 0 Å². The number of aliphatic hydroxyl groups is 3. The number of carbonyl (C=O) groups excluding carboxylic acids is 2. The van der Waals surface area contributed by atoms with Crippen molar-refractivity contribution in [3.8, 4) is 0 Å². The van der Waals surface area contributed by atoms with Gasteiger partial charge in [0.05, 0.1) is 6.61 Å². The van der Waals surface area contributed by atoms with Gasteiger partial charge in [-0.25, -0.2) is 0 Å². The SMILES string of the molecule is CCCCCCCCCCCCCCCCCCCC(=O)O[C@H](COC(=O)CCCCCCCCCCCCCCCC)CO[C@H]1O[C@H](CS(=O)(=O)O)[C@@H](O)C(O)C1O. The van der Waals surface area contributed by atoms with E-state index in [-0.39, 0.29) is 19.4 Å². The molecule has 1 aliphatic rings. The molecule has 13 heteroatoms. The van der Waals surface area contributed by atoms with Crippen LogP contribution in [0.3, 0.4) is 0 Å². The Morgan fingerprint density at radius 3 is 1.24 bits per heavy atom. The van der Waals surface area contributed by atoms with E-state index in [1.807, 2.05) is 0 Å². The highest BCUT2D eigenvalue weighted by molar-refractivity contribution is 7.85. The second-order valence-electron chi connectivity index (χ2n) is 17.1. The van der Waals surface area contributed by atoms with Crippen LogP contribution in [-0.2, 0) is 38.7 Å². The Bertz CT molecular complexity index is 1110. The quantitative estimate of drug-likeness (QED) is 0.0259. The highest BCUT2D eigenvalue weighted by atomic mass is 32.2. The molecule has 0 aromatic heterocycles. The first-order valence-electron chi connectivity index (χ1n) is 24.1. The Morgan fingerprint density at radius 1 is 0.508 bits per heavy atom. The molecule has 0 bridgehead atoms. The minimum atomic E-state index is -4.60. The summed E-state index contributed by atoms with van der Waals surface area (Å²) in [7, 11) is -4.60. The van der Waals surface area contributed by atoms with E-state index in [4.69, 9.17) is 18.9 Å². The molecule has 1 rings (SSSR count). The van der Waals surface area contributed by atoms with E-state index in [0.29, 0.717) is 12.8 Å². The van der Waals surface area contributed by atoms with Crippen molar-refractivity contribution < 1.29 is 56.8 Å². The first kappa shape index (κ1) is 55.7. The number of unbranched alkanes of at least 4 members (excludes halogenated alkanes) is 29. The molecule has 1 heterocycles. The summed E-state index contributed by atoms with van der Waals surface area (Å²) in [5.74, 6) is -1.96. The third-order valence-corrected chi connectivity index (χ3v) is 12.2.